The molecule has 9 heteroatoms. The first-order valence-corrected chi connectivity index (χ1v) is 11.0. The van der Waals surface area contributed by atoms with Crippen LogP contribution in [0, 0.1) is 0 Å². The predicted octanol–water partition coefficient (Wildman–Crippen LogP) is 2.35. The molecule has 0 saturated carbocycles. The van der Waals surface area contributed by atoms with Crippen LogP contribution in [0.4, 0.5) is 0 Å². The van der Waals surface area contributed by atoms with E-state index in [0.29, 0.717) is 11.4 Å². The van der Waals surface area contributed by atoms with E-state index >= 15 is 0 Å². The average Bonchev–Trinajstić information content (AvgIpc) is 3.05. The Kier molecular flexibility index (Phi) is 5.05. The minimum atomic E-state index is -3.02. The first kappa shape index (κ1) is 18.5. The van der Waals surface area contributed by atoms with Crippen LogP contribution in [-0.2, 0) is 21.7 Å². The zero-order chi connectivity index (χ0) is 18.4. The molecular weight excluding hydrogens is 382 g/mol. The highest BCUT2D eigenvalue weighted by molar-refractivity contribution is 8.00. The Morgan fingerprint density at radius 3 is 2.84 bits per heavy atom. The van der Waals surface area contributed by atoms with Crippen LogP contribution in [0.25, 0.3) is 11.0 Å². The number of thioether (sulfide) groups is 1. The maximum Gasteiger partial charge on any atom is 0.235 e. The van der Waals surface area contributed by atoms with Gasteiger partial charge in [-0.1, -0.05) is 23.4 Å². The Hall–Kier alpha value is -1.25. The molecule has 2 atom stereocenters. The smallest absolute Gasteiger partial charge is 0.235 e. The zero-order valence-electron chi connectivity index (χ0n) is 14.3. The number of halogens is 1. The fourth-order valence-electron chi connectivity index (χ4n) is 3.01. The Morgan fingerprint density at radius 1 is 1.48 bits per heavy atom. The van der Waals surface area contributed by atoms with Gasteiger partial charge in [-0.15, -0.1) is 0 Å². The Bertz CT molecular complexity index is 926. The fourth-order valence-corrected chi connectivity index (χ4v) is 5.94. The fraction of sp³-hybridized carbons (Fsp3) is 0.500. The number of benzene rings is 1. The van der Waals surface area contributed by atoms with Crippen molar-refractivity contribution in [2.45, 2.75) is 29.8 Å². The summed E-state index contributed by atoms with van der Waals surface area (Å²) in [5.41, 5.74) is 1.73. The molecule has 1 aliphatic rings. The molecule has 1 aromatic carbocycles. The van der Waals surface area contributed by atoms with Gasteiger partial charge in [-0.2, -0.15) is 0 Å². The van der Waals surface area contributed by atoms with Crippen molar-refractivity contribution in [1.29, 1.82) is 0 Å². The second-order valence-corrected chi connectivity index (χ2v) is 10.3. The van der Waals surface area contributed by atoms with E-state index in [1.54, 1.807) is 18.0 Å². The number of carbonyl (C=O) groups excluding carboxylic acids is 1. The van der Waals surface area contributed by atoms with Crippen LogP contribution in [0.3, 0.4) is 0 Å². The summed E-state index contributed by atoms with van der Waals surface area (Å²) < 4.78 is 25.2. The molecule has 0 spiro atoms. The Labute approximate surface area is 156 Å². The van der Waals surface area contributed by atoms with Gasteiger partial charge in [0, 0.05) is 25.2 Å². The van der Waals surface area contributed by atoms with Gasteiger partial charge < -0.3 is 9.47 Å². The van der Waals surface area contributed by atoms with Gasteiger partial charge in [0.25, 0.3) is 0 Å². The summed E-state index contributed by atoms with van der Waals surface area (Å²) in [6.07, 6.45) is 0.507. The van der Waals surface area contributed by atoms with Crippen molar-refractivity contribution in [1.82, 2.24) is 14.5 Å². The second kappa shape index (κ2) is 6.81. The maximum absolute atomic E-state index is 12.7. The molecule has 0 bridgehead atoms. The third-order valence-corrected chi connectivity index (χ3v) is 7.65. The lowest BCUT2D eigenvalue weighted by Crippen LogP contribution is -2.41. The minimum Gasteiger partial charge on any atom is -0.341 e. The van der Waals surface area contributed by atoms with E-state index in [0.717, 1.165) is 16.2 Å². The number of aryl methyl sites for hydroxylation is 1. The van der Waals surface area contributed by atoms with E-state index in [-0.39, 0.29) is 28.7 Å². The first-order valence-electron chi connectivity index (χ1n) is 7.93. The number of fused-ring (bicyclic) bond motifs is 1. The highest BCUT2D eigenvalue weighted by atomic mass is 35.5. The van der Waals surface area contributed by atoms with Gasteiger partial charge >= 0.3 is 0 Å². The lowest BCUT2D eigenvalue weighted by molar-refractivity contribution is -0.130. The third kappa shape index (κ3) is 3.80. The van der Waals surface area contributed by atoms with Crippen molar-refractivity contribution in [2.75, 3.05) is 18.6 Å². The molecule has 3 rings (SSSR count). The molecule has 1 fully saturated rings. The van der Waals surface area contributed by atoms with Crippen molar-refractivity contribution >= 4 is 50.1 Å². The van der Waals surface area contributed by atoms with E-state index in [1.165, 1.54) is 11.8 Å². The number of amides is 1. The maximum atomic E-state index is 12.7. The summed E-state index contributed by atoms with van der Waals surface area (Å²) in [4.78, 5) is 18.8. The van der Waals surface area contributed by atoms with E-state index < -0.39 is 9.84 Å². The quantitative estimate of drug-likeness (QED) is 0.735. The number of nitrogens with zero attached hydrogens (tertiary/aromatic N) is 3. The normalized spacial score (nSPS) is 20.7. The molecule has 136 valence electrons. The lowest BCUT2D eigenvalue weighted by Gasteiger charge is -2.26. The summed E-state index contributed by atoms with van der Waals surface area (Å²) in [6.45, 7) is 1.82. The van der Waals surface area contributed by atoms with Crippen LogP contribution in [0.5, 0.6) is 0 Å². The van der Waals surface area contributed by atoms with Crippen molar-refractivity contribution in [3.8, 4) is 0 Å². The van der Waals surface area contributed by atoms with Gasteiger partial charge in [-0.25, -0.2) is 13.4 Å². The third-order valence-electron chi connectivity index (χ3n) is 4.54. The van der Waals surface area contributed by atoms with Gasteiger partial charge in [0.1, 0.15) is 0 Å². The number of sulfone groups is 1. The molecule has 0 radical (unpaired) electrons. The van der Waals surface area contributed by atoms with Gasteiger partial charge in [0.2, 0.25) is 5.91 Å². The van der Waals surface area contributed by atoms with Crippen LogP contribution < -0.4 is 0 Å². The standard InChI is InChI=1S/C16H20ClN3O3S2/c1-10(15(21)19(2)12-6-7-25(22,23)9-12)24-16-18-13-8-11(17)4-5-14(13)20(16)3/h4-5,8,10,12H,6-7,9H2,1-3H3/t10-,12-/m0/s1. The van der Waals surface area contributed by atoms with E-state index in [9.17, 15) is 13.2 Å². The molecule has 6 nitrogen and oxygen atoms in total. The number of imidazole rings is 1. The highest BCUT2D eigenvalue weighted by Gasteiger charge is 2.34. The van der Waals surface area contributed by atoms with Crippen LogP contribution in [0.15, 0.2) is 23.4 Å². The summed E-state index contributed by atoms with van der Waals surface area (Å²) in [6, 6.07) is 5.27. The van der Waals surface area contributed by atoms with Crippen LogP contribution >= 0.6 is 23.4 Å². The monoisotopic (exact) mass is 401 g/mol. The number of rotatable bonds is 4. The molecule has 25 heavy (non-hydrogen) atoms. The van der Waals surface area contributed by atoms with E-state index in [4.69, 9.17) is 11.6 Å². The zero-order valence-corrected chi connectivity index (χ0v) is 16.7. The summed E-state index contributed by atoms with van der Waals surface area (Å²) >= 11 is 7.37. The van der Waals surface area contributed by atoms with Gasteiger partial charge in [-0.3, -0.25) is 4.79 Å². The molecule has 1 aliphatic heterocycles. The predicted molar refractivity (Wildman–Crippen MR) is 101 cm³/mol. The highest BCUT2D eigenvalue weighted by Crippen LogP contribution is 2.29. The molecule has 2 aromatic rings. The molecule has 1 saturated heterocycles. The van der Waals surface area contributed by atoms with Crippen molar-refractivity contribution < 1.29 is 13.2 Å². The molecule has 2 heterocycles. The van der Waals surface area contributed by atoms with E-state index in [1.807, 2.05) is 30.7 Å². The molecule has 1 amide bonds. The lowest BCUT2D eigenvalue weighted by atomic mass is 10.2. The number of hydrogen-bond donors (Lipinski definition) is 0. The van der Waals surface area contributed by atoms with Gasteiger partial charge in [-0.05, 0) is 31.5 Å². The van der Waals surface area contributed by atoms with Crippen LogP contribution in [-0.4, -0.2) is 58.6 Å². The largest absolute Gasteiger partial charge is 0.341 e. The molecule has 1 aromatic heterocycles. The average molecular weight is 402 g/mol. The number of hydrogen-bond acceptors (Lipinski definition) is 5. The number of aromatic nitrogens is 2. The Morgan fingerprint density at radius 2 is 2.20 bits per heavy atom. The first-order chi connectivity index (χ1) is 11.7. The molecular formula is C16H20ClN3O3S2. The molecule has 0 aliphatic carbocycles. The second-order valence-electron chi connectivity index (χ2n) is 6.35. The summed E-state index contributed by atoms with van der Waals surface area (Å²) in [5, 5.41) is 0.985. The summed E-state index contributed by atoms with van der Waals surface area (Å²) in [7, 11) is 0.563. The summed E-state index contributed by atoms with van der Waals surface area (Å²) in [5.74, 6) is 0.122. The van der Waals surface area contributed by atoms with Crippen molar-refractivity contribution in [3.63, 3.8) is 0 Å². The van der Waals surface area contributed by atoms with Crippen molar-refractivity contribution in [2.24, 2.45) is 7.05 Å². The number of carbonyl (C=O) groups is 1. The molecule has 0 N–H and O–H groups in total. The van der Waals surface area contributed by atoms with Gasteiger partial charge in [0.15, 0.2) is 15.0 Å². The van der Waals surface area contributed by atoms with E-state index in [2.05, 4.69) is 4.98 Å². The van der Waals surface area contributed by atoms with Gasteiger partial charge in [0.05, 0.1) is 27.8 Å². The van der Waals surface area contributed by atoms with Crippen LogP contribution in [0.2, 0.25) is 5.02 Å². The Balaban J connectivity index is 1.74. The topological polar surface area (TPSA) is 72.3 Å². The minimum absolute atomic E-state index is 0.0530. The van der Waals surface area contributed by atoms with Crippen molar-refractivity contribution in [3.05, 3.63) is 23.2 Å². The van der Waals surface area contributed by atoms with Crippen LogP contribution in [0.1, 0.15) is 13.3 Å². The SMILES string of the molecule is C[C@H](Sc1nc2cc(Cl)ccc2n1C)C(=O)N(C)[C@H]1CCS(=O)(=O)C1. The molecule has 0 unspecified atom stereocenters.